The Morgan fingerprint density at radius 1 is 1.11 bits per heavy atom. The molecule has 0 aliphatic rings. The largest absolute Gasteiger partial charge is 0.478 e. The molecule has 0 bridgehead atoms. The number of carboxylic acids is 1. The number of carbonyl (C=O) groups is 2. The number of anilines is 2. The highest BCUT2D eigenvalue weighted by molar-refractivity contribution is 6.03. The number of hydrogen-bond donors (Lipinski definition) is 2. The van der Waals surface area contributed by atoms with E-state index in [1.165, 1.54) is 11.1 Å². The average Bonchev–Trinajstić information content (AvgIpc) is 2.81. The third-order valence-corrected chi connectivity index (χ3v) is 5.59. The topological polar surface area (TPSA) is 78.9 Å². The van der Waals surface area contributed by atoms with Crippen LogP contribution in [-0.2, 0) is 9.53 Å². The van der Waals surface area contributed by atoms with E-state index in [4.69, 9.17) is 4.74 Å². The van der Waals surface area contributed by atoms with Crippen LogP contribution >= 0.6 is 0 Å². The highest BCUT2D eigenvalue weighted by Crippen LogP contribution is 2.26. The van der Waals surface area contributed by atoms with E-state index < -0.39 is 5.97 Å². The third-order valence-electron chi connectivity index (χ3n) is 5.59. The summed E-state index contributed by atoms with van der Waals surface area (Å²) < 4.78 is 5.65. The first-order chi connectivity index (χ1) is 16.8. The van der Waals surface area contributed by atoms with Gasteiger partial charge in [0.05, 0.1) is 17.9 Å². The zero-order chi connectivity index (χ0) is 26.1. The normalized spacial score (nSPS) is 11.1. The number of hydrogen-bond acceptors (Lipinski definition) is 4. The van der Waals surface area contributed by atoms with Gasteiger partial charge in [-0.1, -0.05) is 42.7 Å². The van der Waals surface area contributed by atoms with E-state index in [-0.39, 0.29) is 18.1 Å². The number of carbonyl (C=O) groups excluding carboxylic acids is 1. The predicted octanol–water partition coefficient (Wildman–Crippen LogP) is 7.00. The molecule has 0 radical (unpaired) electrons. The van der Waals surface area contributed by atoms with E-state index in [0.717, 1.165) is 57.2 Å². The van der Waals surface area contributed by atoms with Gasteiger partial charge in [0.15, 0.2) is 0 Å². The molecular weight excluding hydrogens is 440 g/mol. The number of allylic oxidation sites excluding steroid dienone is 4. The quantitative estimate of drug-likeness (QED) is 0.173. The third kappa shape index (κ3) is 12.4. The summed E-state index contributed by atoms with van der Waals surface area (Å²) in [4.78, 5) is 26.6. The van der Waals surface area contributed by atoms with Gasteiger partial charge in [-0.15, -0.1) is 6.58 Å². The molecule has 1 rings (SSSR count). The van der Waals surface area contributed by atoms with Crippen molar-refractivity contribution < 1.29 is 19.4 Å². The summed E-state index contributed by atoms with van der Waals surface area (Å²) in [7, 11) is 0. The second-order valence-corrected chi connectivity index (χ2v) is 9.03. The maximum Gasteiger partial charge on any atom is 0.337 e. The van der Waals surface area contributed by atoms with Crippen molar-refractivity contribution in [3.05, 3.63) is 59.7 Å². The number of aromatic carboxylic acids is 1. The van der Waals surface area contributed by atoms with Gasteiger partial charge in [-0.2, -0.15) is 0 Å². The lowest BCUT2D eigenvalue weighted by molar-refractivity contribution is -0.122. The van der Waals surface area contributed by atoms with E-state index in [9.17, 15) is 14.7 Å². The fourth-order valence-electron chi connectivity index (χ4n) is 3.50. The lowest BCUT2D eigenvalue weighted by Crippen LogP contribution is -2.36. The molecule has 1 aromatic rings. The molecule has 0 aliphatic carbocycles. The van der Waals surface area contributed by atoms with E-state index >= 15 is 0 Å². The lowest BCUT2D eigenvalue weighted by Gasteiger charge is -2.25. The molecule has 0 saturated heterocycles. The molecule has 2 N–H and O–H groups in total. The van der Waals surface area contributed by atoms with Gasteiger partial charge in [0.1, 0.15) is 6.61 Å². The summed E-state index contributed by atoms with van der Waals surface area (Å²) in [6.07, 6.45) is 12.7. The van der Waals surface area contributed by atoms with E-state index in [0.29, 0.717) is 18.8 Å². The summed E-state index contributed by atoms with van der Waals surface area (Å²) in [5.74, 6) is -1.29. The summed E-state index contributed by atoms with van der Waals surface area (Å²) >= 11 is 0. The van der Waals surface area contributed by atoms with Crippen molar-refractivity contribution in [3.63, 3.8) is 0 Å². The van der Waals surface area contributed by atoms with Gasteiger partial charge in [-0.3, -0.25) is 4.79 Å². The van der Waals surface area contributed by atoms with Crippen LogP contribution < -0.4 is 10.2 Å². The Kier molecular flexibility index (Phi) is 15.1. The summed E-state index contributed by atoms with van der Waals surface area (Å²) in [6, 6.07) is 5.08. The number of nitrogens with one attached hydrogen (secondary N) is 1. The van der Waals surface area contributed by atoms with Crippen molar-refractivity contribution in [1.29, 1.82) is 0 Å². The maximum absolute atomic E-state index is 13.1. The van der Waals surface area contributed by atoms with Gasteiger partial charge >= 0.3 is 5.97 Å². The minimum Gasteiger partial charge on any atom is -0.478 e. The van der Waals surface area contributed by atoms with Gasteiger partial charge in [0.2, 0.25) is 0 Å². The number of nitrogens with zero attached hydrogens (tertiary/aromatic N) is 1. The van der Waals surface area contributed by atoms with E-state index in [1.54, 1.807) is 23.1 Å². The highest BCUT2D eigenvalue weighted by Gasteiger charge is 2.22. The van der Waals surface area contributed by atoms with Crippen LogP contribution in [0.4, 0.5) is 11.4 Å². The standard InChI is InChI=1S/C29H44N2O4/c1-6-8-10-11-18-30-25-15-16-26(29(33)34)27(21-25)31(19-9-7-2)28(32)22-35-20-17-24(5)14-12-13-23(3)4/h6,13,15-17,21,30H,1,7-12,14,18-20,22H2,2-5H3,(H,33,34)/b24-17+. The van der Waals surface area contributed by atoms with Crippen molar-refractivity contribution in [2.45, 2.75) is 72.6 Å². The highest BCUT2D eigenvalue weighted by atomic mass is 16.5. The molecule has 35 heavy (non-hydrogen) atoms. The van der Waals surface area contributed by atoms with Crippen LogP contribution in [0.25, 0.3) is 0 Å². The second kappa shape index (κ2) is 17.6. The maximum atomic E-state index is 13.1. The average molecular weight is 485 g/mol. The Hall–Kier alpha value is -2.86. The molecule has 1 aromatic carbocycles. The monoisotopic (exact) mass is 484 g/mol. The van der Waals surface area contributed by atoms with E-state index in [2.05, 4.69) is 38.7 Å². The van der Waals surface area contributed by atoms with Crippen molar-refractivity contribution in [2.75, 3.05) is 36.5 Å². The Balaban J connectivity index is 2.89. The van der Waals surface area contributed by atoms with Crippen molar-refractivity contribution >= 4 is 23.3 Å². The van der Waals surface area contributed by atoms with Crippen LogP contribution in [0.15, 0.2) is 54.2 Å². The van der Waals surface area contributed by atoms with Gasteiger partial charge in [0, 0.05) is 18.8 Å². The smallest absolute Gasteiger partial charge is 0.337 e. The molecular formula is C29H44N2O4. The Morgan fingerprint density at radius 3 is 2.54 bits per heavy atom. The Morgan fingerprint density at radius 2 is 1.89 bits per heavy atom. The van der Waals surface area contributed by atoms with Gasteiger partial charge in [0.25, 0.3) is 5.91 Å². The molecule has 0 atom stereocenters. The minimum atomic E-state index is -1.05. The number of ether oxygens (including phenoxy) is 1. The number of rotatable bonds is 18. The van der Waals surface area contributed by atoms with Gasteiger partial charge in [-0.05, 0) is 77.5 Å². The minimum absolute atomic E-state index is 0.0975. The zero-order valence-corrected chi connectivity index (χ0v) is 22.1. The SMILES string of the molecule is C=CCCCCNc1ccc(C(=O)O)c(N(CCCC)C(=O)COC/C=C(\C)CCC=C(C)C)c1. The molecule has 194 valence electrons. The van der Waals surface area contributed by atoms with Crippen LogP contribution in [-0.4, -0.2) is 43.3 Å². The molecule has 0 unspecified atom stereocenters. The molecule has 0 heterocycles. The molecule has 6 nitrogen and oxygen atoms in total. The molecule has 0 aromatic heterocycles. The Labute approximate surface area is 211 Å². The van der Waals surface area contributed by atoms with Crippen LogP contribution in [0.1, 0.15) is 83.0 Å². The Bertz CT molecular complexity index is 869. The predicted molar refractivity (Wildman–Crippen MR) is 146 cm³/mol. The molecule has 0 aliphatic heterocycles. The van der Waals surface area contributed by atoms with Crippen molar-refractivity contribution in [3.8, 4) is 0 Å². The van der Waals surface area contributed by atoms with Crippen LogP contribution in [0.2, 0.25) is 0 Å². The lowest BCUT2D eigenvalue weighted by atomic mass is 10.1. The first-order valence-corrected chi connectivity index (χ1v) is 12.7. The first kappa shape index (κ1) is 30.2. The summed E-state index contributed by atoms with van der Waals surface area (Å²) in [5, 5.41) is 13.1. The van der Waals surface area contributed by atoms with E-state index in [1.807, 2.05) is 19.1 Å². The number of unbranched alkanes of at least 4 members (excludes halogenated alkanes) is 3. The molecule has 1 amide bonds. The van der Waals surface area contributed by atoms with Crippen LogP contribution in [0.5, 0.6) is 0 Å². The van der Waals surface area contributed by atoms with Crippen LogP contribution in [0.3, 0.4) is 0 Å². The molecule has 0 spiro atoms. The van der Waals surface area contributed by atoms with Crippen molar-refractivity contribution in [2.24, 2.45) is 0 Å². The molecule has 0 fully saturated rings. The number of amides is 1. The molecule has 0 saturated carbocycles. The van der Waals surface area contributed by atoms with Gasteiger partial charge < -0.3 is 20.1 Å². The first-order valence-electron chi connectivity index (χ1n) is 12.7. The molecule has 6 heteroatoms. The fraction of sp³-hybridized carbons (Fsp3) is 0.517. The number of carboxylic acid groups (broad SMARTS) is 1. The van der Waals surface area contributed by atoms with Crippen LogP contribution in [0, 0.1) is 0 Å². The number of benzene rings is 1. The van der Waals surface area contributed by atoms with Gasteiger partial charge in [-0.25, -0.2) is 4.79 Å². The van der Waals surface area contributed by atoms with Crippen molar-refractivity contribution in [1.82, 2.24) is 0 Å². The summed E-state index contributed by atoms with van der Waals surface area (Å²) in [5.41, 5.74) is 3.84. The second-order valence-electron chi connectivity index (χ2n) is 9.03. The fourth-order valence-corrected chi connectivity index (χ4v) is 3.50. The zero-order valence-electron chi connectivity index (χ0n) is 22.1. The summed E-state index contributed by atoms with van der Waals surface area (Å²) in [6.45, 7) is 13.5.